The third-order valence-electron chi connectivity index (χ3n) is 4.11. The zero-order valence-electron chi connectivity index (χ0n) is 15.3. The number of aromatic nitrogens is 1. The fraction of sp³-hybridized carbons (Fsp3) is 0.368. The molecule has 1 unspecified atom stereocenters. The Balaban J connectivity index is 1.64. The lowest BCUT2D eigenvalue weighted by molar-refractivity contribution is 0.102. The Kier molecular flexibility index (Phi) is 5.65. The molecule has 8 heteroatoms. The second-order valence-electron chi connectivity index (χ2n) is 6.79. The molecule has 1 aliphatic rings. The van der Waals surface area contributed by atoms with Crippen LogP contribution in [-0.2, 0) is 9.84 Å². The molecular weight excluding hydrogens is 366 g/mol. The van der Waals surface area contributed by atoms with E-state index in [-0.39, 0.29) is 29.6 Å². The van der Waals surface area contributed by atoms with Crippen LogP contribution in [0.5, 0.6) is 5.75 Å². The topological polar surface area (TPSA) is 97.4 Å². The zero-order chi connectivity index (χ0) is 19.4. The number of hydrogen-bond acceptors (Lipinski definition) is 6. The van der Waals surface area contributed by atoms with Crippen molar-refractivity contribution in [1.82, 2.24) is 4.98 Å². The highest BCUT2D eigenvalue weighted by Crippen LogP contribution is 2.25. The fourth-order valence-electron chi connectivity index (χ4n) is 2.85. The number of nitrogens with one attached hydrogen (secondary N) is 2. The lowest BCUT2D eigenvalue weighted by Crippen LogP contribution is -2.21. The molecule has 2 N–H and O–H groups in total. The molecule has 1 aliphatic heterocycles. The van der Waals surface area contributed by atoms with Gasteiger partial charge in [0.2, 0.25) is 0 Å². The van der Waals surface area contributed by atoms with Crippen molar-refractivity contribution in [2.75, 3.05) is 22.1 Å². The number of hydrogen-bond donors (Lipinski definition) is 2. The van der Waals surface area contributed by atoms with Crippen LogP contribution in [0, 0.1) is 0 Å². The second-order valence-corrected chi connectivity index (χ2v) is 9.02. The molecule has 0 radical (unpaired) electrons. The van der Waals surface area contributed by atoms with Crippen molar-refractivity contribution in [1.29, 1.82) is 0 Å². The van der Waals surface area contributed by atoms with E-state index < -0.39 is 9.84 Å². The van der Waals surface area contributed by atoms with Crippen molar-refractivity contribution in [2.24, 2.45) is 0 Å². The first-order valence-electron chi connectivity index (χ1n) is 8.82. The molecule has 1 fully saturated rings. The van der Waals surface area contributed by atoms with Gasteiger partial charge in [-0.25, -0.2) is 13.4 Å². The van der Waals surface area contributed by atoms with Gasteiger partial charge in [0.1, 0.15) is 11.6 Å². The minimum atomic E-state index is -2.95. The van der Waals surface area contributed by atoms with E-state index in [9.17, 15) is 13.2 Å². The van der Waals surface area contributed by atoms with Crippen LogP contribution in [0.3, 0.4) is 0 Å². The molecule has 2 heterocycles. The van der Waals surface area contributed by atoms with E-state index in [2.05, 4.69) is 15.6 Å². The predicted octanol–water partition coefficient (Wildman–Crippen LogP) is 2.72. The fourth-order valence-corrected chi connectivity index (χ4v) is 4.53. The van der Waals surface area contributed by atoms with Gasteiger partial charge in [-0.2, -0.15) is 0 Å². The number of carbonyl (C=O) groups excluding carboxylic acids is 1. The predicted molar refractivity (Wildman–Crippen MR) is 105 cm³/mol. The Morgan fingerprint density at radius 3 is 2.63 bits per heavy atom. The molecule has 1 aromatic heterocycles. The highest BCUT2D eigenvalue weighted by molar-refractivity contribution is 7.91. The van der Waals surface area contributed by atoms with Crippen LogP contribution in [0.15, 0.2) is 42.6 Å². The van der Waals surface area contributed by atoms with Crippen molar-refractivity contribution in [2.45, 2.75) is 32.4 Å². The third kappa shape index (κ3) is 5.19. The normalized spacial score (nSPS) is 18.3. The van der Waals surface area contributed by atoms with Crippen LogP contribution in [0.2, 0.25) is 0 Å². The molecule has 1 saturated heterocycles. The van der Waals surface area contributed by atoms with Crippen LogP contribution in [-0.4, -0.2) is 43.0 Å². The molecule has 0 spiro atoms. The second kappa shape index (κ2) is 7.96. The van der Waals surface area contributed by atoms with Crippen molar-refractivity contribution in [3.05, 3.63) is 48.2 Å². The molecule has 1 amide bonds. The lowest BCUT2D eigenvalue weighted by atomic mass is 10.2. The summed E-state index contributed by atoms with van der Waals surface area (Å²) in [6.07, 6.45) is 2.03. The molecule has 0 aliphatic carbocycles. The average Bonchev–Trinajstić information content (AvgIpc) is 2.95. The van der Waals surface area contributed by atoms with Crippen LogP contribution in [0.25, 0.3) is 0 Å². The maximum atomic E-state index is 12.5. The van der Waals surface area contributed by atoms with Gasteiger partial charge in [-0.15, -0.1) is 0 Å². The molecule has 1 aromatic carbocycles. The lowest BCUT2D eigenvalue weighted by Gasteiger charge is -2.15. The molecule has 0 saturated carbocycles. The SMILES string of the molecule is CC(C)Oc1ccccc1NC(=O)c1ccc(NC2CCS(=O)(=O)C2)nc1. The van der Waals surface area contributed by atoms with Gasteiger partial charge in [-0.05, 0) is 44.5 Å². The Morgan fingerprint density at radius 2 is 2.00 bits per heavy atom. The molecule has 27 heavy (non-hydrogen) atoms. The smallest absolute Gasteiger partial charge is 0.257 e. The third-order valence-corrected chi connectivity index (χ3v) is 5.88. The first kappa shape index (κ1) is 19.2. The van der Waals surface area contributed by atoms with Crippen molar-refractivity contribution < 1.29 is 17.9 Å². The first-order chi connectivity index (χ1) is 12.8. The average molecular weight is 389 g/mol. The number of ether oxygens (including phenoxy) is 1. The zero-order valence-corrected chi connectivity index (χ0v) is 16.1. The Labute approximate surface area is 159 Å². The summed E-state index contributed by atoms with van der Waals surface area (Å²) < 4.78 is 28.7. The summed E-state index contributed by atoms with van der Waals surface area (Å²) in [7, 11) is -2.95. The van der Waals surface area contributed by atoms with E-state index in [0.717, 1.165) is 0 Å². The maximum Gasteiger partial charge on any atom is 0.257 e. The summed E-state index contributed by atoms with van der Waals surface area (Å²) in [4.78, 5) is 16.7. The standard InChI is InChI=1S/C19H23N3O4S/c1-13(2)26-17-6-4-3-5-16(17)22-19(23)14-7-8-18(20-11-14)21-15-9-10-27(24,25)12-15/h3-8,11,13,15H,9-10,12H2,1-2H3,(H,20,21)(H,22,23). The summed E-state index contributed by atoms with van der Waals surface area (Å²) in [5.41, 5.74) is 0.994. The molecule has 1 atom stereocenters. The largest absolute Gasteiger partial charge is 0.489 e. The van der Waals surface area contributed by atoms with Gasteiger partial charge >= 0.3 is 0 Å². The Bertz CT molecular complexity index is 911. The number of benzene rings is 1. The highest BCUT2D eigenvalue weighted by atomic mass is 32.2. The van der Waals surface area contributed by atoms with Crippen LogP contribution < -0.4 is 15.4 Å². The summed E-state index contributed by atoms with van der Waals surface area (Å²) in [6, 6.07) is 10.4. The maximum absolute atomic E-state index is 12.5. The summed E-state index contributed by atoms with van der Waals surface area (Å²) in [5.74, 6) is 1.18. The van der Waals surface area contributed by atoms with Gasteiger partial charge in [0.25, 0.3) is 5.91 Å². The van der Waals surface area contributed by atoms with Gasteiger partial charge in [-0.3, -0.25) is 4.79 Å². The van der Waals surface area contributed by atoms with Gasteiger partial charge in [0.15, 0.2) is 9.84 Å². The molecular formula is C19H23N3O4S. The minimum Gasteiger partial charge on any atom is -0.489 e. The number of rotatable bonds is 6. The number of sulfone groups is 1. The Morgan fingerprint density at radius 1 is 1.22 bits per heavy atom. The van der Waals surface area contributed by atoms with E-state index >= 15 is 0 Å². The van der Waals surface area contributed by atoms with Gasteiger partial charge in [-0.1, -0.05) is 12.1 Å². The number of pyridine rings is 1. The molecule has 2 aromatic rings. The van der Waals surface area contributed by atoms with Gasteiger partial charge in [0, 0.05) is 12.2 Å². The number of amides is 1. The van der Waals surface area contributed by atoms with E-state index in [1.165, 1.54) is 6.20 Å². The summed E-state index contributed by atoms with van der Waals surface area (Å²) in [5, 5.41) is 5.93. The van der Waals surface area contributed by atoms with E-state index in [4.69, 9.17) is 4.74 Å². The van der Waals surface area contributed by atoms with Gasteiger partial charge < -0.3 is 15.4 Å². The molecule has 0 bridgehead atoms. The Hall–Kier alpha value is -2.61. The van der Waals surface area contributed by atoms with Crippen molar-refractivity contribution in [3.63, 3.8) is 0 Å². The van der Waals surface area contributed by atoms with Crippen molar-refractivity contribution >= 4 is 27.2 Å². The first-order valence-corrected chi connectivity index (χ1v) is 10.6. The van der Waals surface area contributed by atoms with Crippen LogP contribution >= 0.6 is 0 Å². The van der Waals surface area contributed by atoms with E-state index in [1.54, 1.807) is 24.3 Å². The molecule has 144 valence electrons. The summed E-state index contributed by atoms with van der Waals surface area (Å²) >= 11 is 0. The molecule has 3 rings (SSSR count). The van der Waals surface area contributed by atoms with Crippen LogP contribution in [0.1, 0.15) is 30.6 Å². The monoisotopic (exact) mass is 389 g/mol. The number of carbonyl (C=O) groups is 1. The van der Waals surface area contributed by atoms with Gasteiger partial charge in [0.05, 0.1) is 28.9 Å². The quantitative estimate of drug-likeness (QED) is 0.788. The number of para-hydroxylation sites is 2. The van der Waals surface area contributed by atoms with E-state index in [1.807, 2.05) is 26.0 Å². The number of anilines is 2. The number of nitrogens with zero attached hydrogens (tertiary/aromatic N) is 1. The molecule has 7 nitrogen and oxygen atoms in total. The van der Waals surface area contributed by atoms with Crippen molar-refractivity contribution in [3.8, 4) is 5.75 Å². The highest BCUT2D eigenvalue weighted by Gasteiger charge is 2.27. The summed E-state index contributed by atoms with van der Waals surface area (Å²) in [6.45, 7) is 3.84. The van der Waals surface area contributed by atoms with Crippen LogP contribution in [0.4, 0.5) is 11.5 Å². The minimum absolute atomic E-state index is 0.00511. The van der Waals surface area contributed by atoms with E-state index in [0.29, 0.717) is 29.2 Å².